The lowest BCUT2D eigenvalue weighted by Crippen LogP contribution is -2.41. The Hall–Kier alpha value is -2.59. The summed E-state index contributed by atoms with van der Waals surface area (Å²) in [7, 11) is -3.97. The first-order valence-corrected chi connectivity index (χ1v) is 14.1. The van der Waals surface area contributed by atoms with Gasteiger partial charge in [0.2, 0.25) is 5.91 Å². The van der Waals surface area contributed by atoms with Gasteiger partial charge in [-0.25, -0.2) is 13.4 Å². The normalized spacial score (nSPS) is 11.5. The van der Waals surface area contributed by atoms with Gasteiger partial charge in [0.15, 0.2) is 4.34 Å². The Kier molecular flexibility index (Phi) is 7.77. The van der Waals surface area contributed by atoms with Gasteiger partial charge in [0, 0.05) is 17.3 Å². The molecule has 0 fully saturated rings. The number of para-hydroxylation sites is 1. The lowest BCUT2D eigenvalue weighted by molar-refractivity contribution is -0.119. The first-order chi connectivity index (χ1) is 16.3. The third-order valence-corrected chi connectivity index (χ3v) is 9.36. The third kappa shape index (κ3) is 5.72. The van der Waals surface area contributed by atoms with Gasteiger partial charge in [-0.05, 0) is 48.9 Å². The summed E-state index contributed by atoms with van der Waals surface area (Å²) < 4.78 is 29.8. The van der Waals surface area contributed by atoms with Crippen LogP contribution >= 0.6 is 34.7 Å². The van der Waals surface area contributed by atoms with Crippen LogP contribution in [0.15, 0.2) is 82.0 Å². The summed E-state index contributed by atoms with van der Waals surface area (Å²) in [6, 6.07) is 20.9. The fourth-order valence-corrected chi connectivity index (χ4v) is 6.80. The van der Waals surface area contributed by atoms with E-state index >= 15 is 0 Å². The van der Waals surface area contributed by atoms with Crippen LogP contribution in [0.3, 0.4) is 0 Å². The van der Waals surface area contributed by atoms with Gasteiger partial charge < -0.3 is 5.32 Å². The molecule has 0 atom stereocenters. The number of fused-ring (bicyclic) bond motifs is 1. The molecule has 6 nitrogen and oxygen atoms in total. The predicted octanol–water partition coefficient (Wildman–Crippen LogP) is 5.36. The molecule has 4 aromatic rings. The summed E-state index contributed by atoms with van der Waals surface area (Å²) >= 11 is 9.41. The molecule has 0 aliphatic heterocycles. The molecular weight excluding hydrogens is 510 g/mol. The van der Waals surface area contributed by atoms with Gasteiger partial charge in [-0.3, -0.25) is 9.10 Å². The zero-order chi connectivity index (χ0) is 24.1. The molecule has 0 unspecified atom stereocenters. The molecule has 0 radical (unpaired) electrons. The maximum atomic E-state index is 13.4. The van der Waals surface area contributed by atoms with Gasteiger partial charge in [0.1, 0.15) is 6.54 Å². The minimum atomic E-state index is -3.97. The number of hydrogen-bond acceptors (Lipinski definition) is 6. The molecule has 1 N–H and O–H groups in total. The summed E-state index contributed by atoms with van der Waals surface area (Å²) in [6.07, 6.45) is 0. The van der Waals surface area contributed by atoms with E-state index in [-0.39, 0.29) is 11.4 Å². The smallest absolute Gasteiger partial charge is 0.264 e. The van der Waals surface area contributed by atoms with Gasteiger partial charge in [0.05, 0.1) is 20.8 Å². The summed E-state index contributed by atoms with van der Waals surface area (Å²) in [5.74, 6) is 0.217. The van der Waals surface area contributed by atoms with Crippen LogP contribution in [-0.2, 0) is 14.8 Å². The van der Waals surface area contributed by atoms with Crippen molar-refractivity contribution in [3.8, 4) is 0 Å². The minimum Gasteiger partial charge on any atom is -0.354 e. The summed E-state index contributed by atoms with van der Waals surface area (Å²) in [6.45, 7) is 1.85. The van der Waals surface area contributed by atoms with E-state index in [0.29, 0.717) is 23.0 Å². The second-order valence-electron chi connectivity index (χ2n) is 7.40. The number of hydrogen-bond donors (Lipinski definition) is 1. The largest absolute Gasteiger partial charge is 0.354 e. The highest BCUT2D eigenvalue weighted by atomic mass is 35.5. The Morgan fingerprint density at radius 1 is 1.09 bits per heavy atom. The molecule has 10 heteroatoms. The Bertz CT molecular complexity index is 1380. The van der Waals surface area contributed by atoms with Crippen LogP contribution in [0.4, 0.5) is 5.69 Å². The van der Waals surface area contributed by atoms with Crippen LogP contribution in [-0.4, -0.2) is 38.2 Å². The van der Waals surface area contributed by atoms with Gasteiger partial charge in [0.25, 0.3) is 10.0 Å². The van der Waals surface area contributed by atoms with E-state index in [1.165, 1.54) is 12.1 Å². The Morgan fingerprint density at radius 3 is 2.56 bits per heavy atom. The van der Waals surface area contributed by atoms with Crippen molar-refractivity contribution in [1.29, 1.82) is 0 Å². The number of thioether (sulfide) groups is 1. The second-order valence-corrected chi connectivity index (χ2v) is 12.0. The molecular formula is C24H22ClN3O3S3. The topological polar surface area (TPSA) is 79.4 Å². The molecule has 1 amide bonds. The maximum Gasteiger partial charge on any atom is 0.264 e. The molecule has 3 aromatic carbocycles. The molecule has 0 aliphatic carbocycles. The van der Waals surface area contributed by atoms with Crippen molar-refractivity contribution < 1.29 is 13.2 Å². The number of nitrogens with zero attached hydrogens (tertiary/aromatic N) is 2. The Labute approximate surface area is 212 Å². The van der Waals surface area contributed by atoms with Crippen LogP contribution in [0.25, 0.3) is 10.2 Å². The molecule has 176 valence electrons. The molecule has 0 saturated carbocycles. The fourth-order valence-electron chi connectivity index (χ4n) is 3.20. The predicted molar refractivity (Wildman–Crippen MR) is 141 cm³/mol. The third-order valence-electron chi connectivity index (χ3n) is 4.99. The number of aromatic nitrogens is 1. The van der Waals surface area contributed by atoms with Crippen molar-refractivity contribution in [2.75, 3.05) is 23.1 Å². The number of anilines is 1. The number of aryl methyl sites for hydroxylation is 1. The first-order valence-electron chi connectivity index (χ1n) is 10.4. The highest BCUT2D eigenvalue weighted by molar-refractivity contribution is 8.01. The zero-order valence-corrected chi connectivity index (χ0v) is 21.5. The first kappa shape index (κ1) is 24.5. The van der Waals surface area contributed by atoms with Crippen LogP contribution in [0.2, 0.25) is 5.02 Å². The van der Waals surface area contributed by atoms with Crippen molar-refractivity contribution in [2.24, 2.45) is 0 Å². The highest BCUT2D eigenvalue weighted by Crippen LogP contribution is 2.29. The maximum absolute atomic E-state index is 13.4. The number of thiazole rings is 1. The standard InChI is InChI=1S/C24H22ClN3O3S3/c1-17-11-12-18(15-20(17)25)28(34(30,31)19-7-3-2-4-8-19)16-23(29)26-13-14-32-24-27-21-9-5-6-10-22(21)33-24/h2-12,15H,13-14,16H2,1H3,(H,26,29). The van der Waals surface area contributed by atoms with Crippen LogP contribution in [0.5, 0.6) is 0 Å². The van der Waals surface area contributed by atoms with Crippen LogP contribution < -0.4 is 9.62 Å². The van der Waals surface area contributed by atoms with Gasteiger partial charge in [-0.2, -0.15) is 0 Å². The number of halogens is 1. The van der Waals surface area contributed by atoms with E-state index in [1.54, 1.807) is 59.5 Å². The minimum absolute atomic E-state index is 0.103. The summed E-state index contributed by atoms with van der Waals surface area (Å²) in [4.78, 5) is 17.4. The highest BCUT2D eigenvalue weighted by Gasteiger charge is 2.27. The molecule has 0 bridgehead atoms. The van der Waals surface area contributed by atoms with Crippen molar-refractivity contribution in [2.45, 2.75) is 16.2 Å². The quantitative estimate of drug-likeness (QED) is 0.232. The zero-order valence-electron chi connectivity index (χ0n) is 18.3. The van der Waals surface area contributed by atoms with Crippen molar-refractivity contribution in [3.63, 3.8) is 0 Å². The Balaban J connectivity index is 1.44. The number of benzene rings is 3. The number of carbonyl (C=O) groups is 1. The average molecular weight is 532 g/mol. The van der Waals surface area contributed by atoms with Crippen molar-refractivity contribution >= 4 is 66.5 Å². The van der Waals surface area contributed by atoms with E-state index in [2.05, 4.69) is 10.3 Å². The van der Waals surface area contributed by atoms with E-state index in [0.717, 1.165) is 24.4 Å². The van der Waals surface area contributed by atoms with Crippen molar-refractivity contribution in [3.05, 3.63) is 83.4 Å². The average Bonchev–Trinajstić information content (AvgIpc) is 3.25. The SMILES string of the molecule is Cc1ccc(N(CC(=O)NCCSc2nc3ccccc3s2)S(=O)(=O)c2ccccc2)cc1Cl. The van der Waals surface area contributed by atoms with E-state index in [9.17, 15) is 13.2 Å². The Morgan fingerprint density at radius 2 is 1.82 bits per heavy atom. The summed E-state index contributed by atoms with van der Waals surface area (Å²) in [5.41, 5.74) is 2.11. The van der Waals surface area contributed by atoms with E-state index < -0.39 is 15.9 Å². The molecule has 34 heavy (non-hydrogen) atoms. The number of rotatable bonds is 9. The second kappa shape index (κ2) is 10.8. The van der Waals surface area contributed by atoms with Crippen molar-refractivity contribution in [1.82, 2.24) is 10.3 Å². The van der Waals surface area contributed by atoms with Crippen LogP contribution in [0.1, 0.15) is 5.56 Å². The van der Waals surface area contributed by atoms with Gasteiger partial charge in [-0.1, -0.05) is 59.8 Å². The monoisotopic (exact) mass is 531 g/mol. The van der Waals surface area contributed by atoms with E-state index in [4.69, 9.17) is 11.6 Å². The fraction of sp³-hybridized carbons (Fsp3) is 0.167. The number of nitrogens with one attached hydrogen (secondary N) is 1. The molecule has 0 spiro atoms. The molecule has 1 aromatic heterocycles. The van der Waals surface area contributed by atoms with E-state index in [1.807, 2.05) is 31.2 Å². The number of carbonyl (C=O) groups excluding carboxylic acids is 1. The molecule has 0 saturated heterocycles. The number of sulfonamides is 1. The lowest BCUT2D eigenvalue weighted by Gasteiger charge is -2.24. The van der Waals surface area contributed by atoms with Gasteiger partial charge in [-0.15, -0.1) is 11.3 Å². The lowest BCUT2D eigenvalue weighted by atomic mass is 10.2. The molecule has 1 heterocycles. The molecule has 0 aliphatic rings. The summed E-state index contributed by atoms with van der Waals surface area (Å²) in [5, 5.41) is 3.24. The number of amides is 1. The van der Waals surface area contributed by atoms with Crippen LogP contribution in [0, 0.1) is 6.92 Å². The molecule has 4 rings (SSSR count). The van der Waals surface area contributed by atoms with Gasteiger partial charge >= 0.3 is 0 Å².